The summed E-state index contributed by atoms with van der Waals surface area (Å²) in [4.78, 5) is 16.2. The third-order valence-electron chi connectivity index (χ3n) is 2.42. The van der Waals surface area contributed by atoms with Crippen molar-refractivity contribution in [2.45, 2.75) is 0 Å². The van der Waals surface area contributed by atoms with Crippen molar-refractivity contribution in [1.82, 2.24) is 4.98 Å². The van der Waals surface area contributed by atoms with E-state index in [1.165, 1.54) is 6.07 Å². The minimum absolute atomic E-state index is 0.0132. The van der Waals surface area contributed by atoms with Crippen molar-refractivity contribution in [2.24, 2.45) is 0 Å². The summed E-state index contributed by atoms with van der Waals surface area (Å²) in [6.45, 7) is 1.82. The van der Waals surface area contributed by atoms with E-state index < -0.39 is 4.92 Å². The fourth-order valence-electron chi connectivity index (χ4n) is 1.58. The lowest BCUT2D eigenvalue weighted by atomic mass is 10.3. The van der Waals surface area contributed by atoms with Crippen molar-refractivity contribution in [3.8, 4) is 0 Å². The molecule has 0 atom stereocenters. The van der Waals surface area contributed by atoms with Gasteiger partial charge in [-0.2, -0.15) is 11.8 Å². The van der Waals surface area contributed by atoms with Crippen molar-refractivity contribution in [3.63, 3.8) is 0 Å². The van der Waals surface area contributed by atoms with Gasteiger partial charge in [0.25, 0.3) is 0 Å². The highest BCUT2D eigenvalue weighted by Gasteiger charge is 2.17. The normalized spacial score (nSPS) is 16.1. The second-order valence-electron chi connectivity index (χ2n) is 3.43. The van der Waals surface area contributed by atoms with Crippen molar-refractivity contribution < 1.29 is 4.92 Å². The van der Waals surface area contributed by atoms with Crippen LogP contribution in [-0.4, -0.2) is 34.5 Å². The highest BCUT2D eigenvalue weighted by atomic mass is 32.2. The molecule has 0 spiro atoms. The van der Waals surface area contributed by atoms with Gasteiger partial charge in [-0.25, -0.2) is 4.98 Å². The first-order valence-corrected chi connectivity index (χ1v) is 6.07. The summed E-state index contributed by atoms with van der Waals surface area (Å²) in [5, 5.41) is 10.6. The van der Waals surface area contributed by atoms with E-state index in [0.29, 0.717) is 0 Å². The van der Waals surface area contributed by atoms with Gasteiger partial charge < -0.3 is 10.6 Å². The Balaban J connectivity index is 2.23. The summed E-state index contributed by atoms with van der Waals surface area (Å²) in [6.07, 6.45) is 0. The highest BCUT2D eigenvalue weighted by molar-refractivity contribution is 7.99. The number of hydrogen-bond acceptors (Lipinski definition) is 6. The Morgan fingerprint density at radius 1 is 1.44 bits per heavy atom. The van der Waals surface area contributed by atoms with E-state index in [4.69, 9.17) is 5.73 Å². The Labute approximate surface area is 97.0 Å². The van der Waals surface area contributed by atoms with Crippen LogP contribution in [0.4, 0.5) is 17.3 Å². The average molecular weight is 240 g/mol. The van der Waals surface area contributed by atoms with Gasteiger partial charge in [0.05, 0.1) is 4.92 Å². The van der Waals surface area contributed by atoms with Gasteiger partial charge in [0.1, 0.15) is 5.82 Å². The molecular formula is C9H12N4O2S. The summed E-state index contributed by atoms with van der Waals surface area (Å²) in [6, 6.07) is 3.07. The standard InChI is InChI=1S/C9H12N4O2S/c10-9-7(13(14)15)1-2-8(11-9)12-3-5-16-6-4-12/h1-2H,3-6H2,(H2,10,11). The molecule has 0 aromatic carbocycles. The van der Waals surface area contributed by atoms with Crippen LogP contribution in [0.3, 0.4) is 0 Å². The molecule has 2 N–H and O–H groups in total. The van der Waals surface area contributed by atoms with Crippen molar-refractivity contribution >= 4 is 29.1 Å². The van der Waals surface area contributed by atoms with E-state index in [-0.39, 0.29) is 11.5 Å². The maximum absolute atomic E-state index is 10.6. The van der Waals surface area contributed by atoms with E-state index in [0.717, 1.165) is 30.4 Å². The summed E-state index contributed by atoms with van der Waals surface area (Å²) in [5.41, 5.74) is 5.41. The van der Waals surface area contributed by atoms with Crippen LogP contribution >= 0.6 is 11.8 Å². The highest BCUT2D eigenvalue weighted by Crippen LogP contribution is 2.24. The number of aromatic nitrogens is 1. The second kappa shape index (κ2) is 4.56. The number of anilines is 2. The van der Waals surface area contributed by atoms with Gasteiger partial charge in [-0.3, -0.25) is 10.1 Å². The molecule has 1 saturated heterocycles. The Morgan fingerprint density at radius 2 is 2.12 bits per heavy atom. The lowest BCUT2D eigenvalue weighted by molar-refractivity contribution is -0.384. The fraction of sp³-hybridized carbons (Fsp3) is 0.444. The van der Waals surface area contributed by atoms with Crippen LogP contribution in [0.15, 0.2) is 12.1 Å². The number of nitrogens with zero attached hydrogens (tertiary/aromatic N) is 3. The predicted octanol–water partition coefficient (Wildman–Crippen LogP) is 1.13. The molecule has 1 fully saturated rings. The minimum Gasteiger partial charge on any atom is -0.378 e. The number of nitrogens with two attached hydrogens (primary N) is 1. The molecule has 16 heavy (non-hydrogen) atoms. The lowest BCUT2D eigenvalue weighted by Crippen LogP contribution is -2.33. The topological polar surface area (TPSA) is 85.3 Å². The Hall–Kier alpha value is -1.50. The molecule has 86 valence electrons. The largest absolute Gasteiger partial charge is 0.378 e. The third kappa shape index (κ3) is 2.19. The molecule has 0 bridgehead atoms. The van der Waals surface area contributed by atoms with Crippen molar-refractivity contribution in [3.05, 3.63) is 22.2 Å². The van der Waals surface area contributed by atoms with Crippen LogP contribution in [0, 0.1) is 10.1 Å². The third-order valence-corrected chi connectivity index (χ3v) is 3.36. The molecule has 1 aromatic rings. The van der Waals surface area contributed by atoms with E-state index in [2.05, 4.69) is 9.88 Å². The van der Waals surface area contributed by atoms with Gasteiger partial charge in [0.2, 0.25) is 5.82 Å². The fourth-order valence-corrected chi connectivity index (χ4v) is 2.48. The average Bonchev–Trinajstić information content (AvgIpc) is 2.29. The minimum atomic E-state index is -0.516. The zero-order valence-corrected chi connectivity index (χ0v) is 9.44. The molecule has 2 heterocycles. The summed E-state index contributed by atoms with van der Waals surface area (Å²) in [7, 11) is 0. The first-order valence-electron chi connectivity index (χ1n) is 4.92. The van der Waals surface area contributed by atoms with E-state index in [9.17, 15) is 10.1 Å². The molecule has 2 rings (SSSR count). The van der Waals surface area contributed by atoms with Gasteiger partial charge in [0.15, 0.2) is 0 Å². The van der Waals surface area contributed by atoms with Crippen LogP contribution in [0.1, 0.15) is 0 Å². The predicted molar refractivity (Wildman–Crippen MR) is 64.8 cm³/mol. The van der Waals surface area contributed by atoms with Crippen LogP contribution in [0.2, 0.25) is 0 Å². The quantitative estimate of drug-likeness (QED) is 0.616. The number of nitrogen functional groups attached to an aromatic ring is 1. The Kier molecular flexibility index (Phi) is 3.14. The monoisotopic (exact) mass is 240 g/mol. The smallest absolute Gasteiger partial charge is 0.311 e. The molecule has 0 unspecified atom stereocenters. The van der Waals surface area contributed by atoms with Crippen LogP contribution in [0.5, 0.6) is 0 Å². The maximum Gasteiger partial charge on any atom is 0.311 e. The number of hydrogen-bond donors (Lipinski definition) is 1. The second-order valence-corrected chi connectivity index (χ2v) is 4.66. The number of thioether (sulfide) groups is 1. The first kappa shape index (κ1) is 11.0. The molecule has 6 nitrogen and oxygen atoms in total. The van der Waals surface area contributed by atoms with Gasteiger partial charge >= 0.3 is 5.69 Å². The molecule has 1 aromatic heterocycles. The molecule has 1 aliphatic rings. The summed E-state index contributed by atoms with van der Waals surface area (Å²) >= 11 is 1.90. The van der Waals surface area contributed by atoms with Gasteiger partial charge in [0, 0.05) is 30.7 Å². The molecular weight excluding hydrogens is 228 g/mol. The number of nitro groups is 1. The molecule has 0 saturated carbocycles. The Bertz CT molecular complexity index is 406. The van der Waals surface area contributed by atoms with E-state index in [1.807, 2.05) is 11.8 Å². The first-order chi connectivity index (χ1) is 7.68. The van der Waals surface area contributed by atoms with E-state index in [1.54, 1.807) is 6.07 Å². The molecule has 1 aliphatic heterocycles. The summed E-state index contributed by atoms with van der Waals surface area (Å²) in [5.74, 6) is 2.82. The molecule has 0 aliphatic carbocycles. The SMILES string of the molecule is Nc1nc(N2CCSCC2)ccc1[N+](=O)[O-]. The summed E-state index contributed by atoms with van der Waals surface area (Å²) < 4.78 is 0. The van der Waals surface area contributed by atoms with Gasteiger partial charge in [-0.05, 0) is 6.07 Å². The van der Waals surface area contributed by atoms with Crippen molar-refractivity contribution in [1.29, 1.82) is 0 Å². The van der Waals surface area contributed by atoms with Crippen molar-refractivity contribution in [2.75, 3.05) is 35.2 Å². The molecule has 0 amide bonds. The van der Waals surface area contributed by atoms with Gasteiger partial charge in [-0.1, -0.05) is 0 Å². The zero-order valence-electron chi connectivity index (χ0n) is 8.63. The zero-order chi connectivity index (χ0) is 11.5. The lowest BCUT2D eigenvalue weighted by Gasteiger charge is -2.27. The van der Waals surface area contributed by atoms with E-state index >= 15 is 0 Å². The number of pyridine rings is 1. The molecule has 0 radical (unpaired) electrons. The van der Waals surface area contributed by atoms with Crippen LogP contribution in [-0.2, 0) is 0 Å². The van der Waals surface area contributed by atoms with Gasteiger partial charge in [-0.15, -0.1) is 0 Å². The number of rotatable bonds is 2. The molecule has 7 heteroatoms. The maximum atomic E-state index is 10.6. The van der Waals surface area contributed by atoms with Crippen LogP contribution in [0.25, 0.3) is 0 Å². The Morgan fingerprint density at radius 3 is 2.69 bits per heavy atom. The van der Waals surface area contributed by atoms with Crippen LogP contribution < -0.4 is 10.6 Å².